The number of sulfonamides is 1. The lowest BCUT2D eigenvalue weighted by Crippen LogP contribution is -2.67. The van der Waals surface area contributed by atoms with Crippen LogP contribution in [0.25, 0.3) is 0 Å². The number of nitrogens with zero attached hydrogens (tertiary/aromatic N) is 1. The Morgan fingerprint density at radius 3 is 2.29 bits per heavy atom. The number of benzene rings is 4. The molecule has 1 fully saturated rings. The molecule has 4 aromatic rings. The van der Waals surface area contributed by atoms with Crippen LogP contribution < -0.4 is 24.7 Å². The zero-order valence-electron chi connectivity index (χ0n) is 34.6. The summed E-state index contributed by atoms with van der Waals surface area (Å²) in [7, 11) is -7.06. The number of hydrogen-bond donors (Lipinski definition) is 2. The van der Waals surface area contributed by atoms with Gasteiger partial charge in [-0.2, -0.15) is 0 Å². The van der Waals surface area contributed by atoms with Crippen molar-refractivity contribution in [2.75, 3.05) is 30.3 Å². The number of ether oxygens (including phenoxy) is 1. The van der Waals surface area contributed by atoms with Crippen molar-refractivity contribution in [3.63, 3.8) is 0 Å². The predicted molar refractivity (Wildman–Crippen MR) is 243 cm³/mol. The van der Waals surface area contributed by atoms with Gasteiger partial charge in [0, 0.05) is 36.2 Å². The molecular formula is C48H59ClN2O6SSi. The maximum atomic E-state index is 14.0. The lowest BCUT2D eigenvalue weighted by molar-refractivity contribution is 0.0465. The van der Waals surface area contributed by atoms with Gasteiger partial charge in [-0.15, -0.1) is 13.2 Å². The fourth-order valence-electron chi connectivity index (χ4n) is 8.78. The Hall–Kier alpha value is -4.19. The topological polar surface area (TPSA) is 105 Å². The zero-order chi connectivity index (χ0) is 42.2. The summed E-state index contributed by atoms with van der Waals surface area (Å²) < 4.78 is 43.8. The molecule has 1 heterocycles. The maximum Gasteiger partial charge on any atom is 0.264 e. The molecule has 1 amide bonds. The van der Waals surface area contributed by atoms with E-state index in [0.29, 0.717) is 36.9 Å². The molecule has 0 aromatic heterocycles. The average molecular weight is 856 g/mol. The standard InChI is InChI=1S/C48H59ClN2O6SSi/c1-6-16-35(32-57-59(48(3,4)5,41-18-10-8-11-19-41)42-20-12-9-13-21-42)34-58(54,55)50-47(53)37-24-27-46-44(30-37)51(31-38-23-26-43(38)45(52)7-2)28-15-14-17-36-29-40(49)25-22-39(36)33-56-46/h6-13,18-22,24-25,27,29-30,35,38,43,45,52H,1-2,14-17,23,26,28,31-34H2,3-5H3,(H,50,53)/t35-,38+,43-,45+/m1/s1. The predicted octanol–water partition coefficient (Wildman–Crippen LogP) is 8.46. The molecule has 4 atom stereocenters. The molecule has 0 bridgehead atoms. The first-order valence-corrected chi connectivity index (χ1v) is 24.7. The van der Waals surface area contributed by atoms with Gasteiger partial charge in [-0.05, 0) is 107 Å². The van der Waals surface area contributed by atoms with Gasteiger partial charge >= 0.3 is 0 Å². The Balaban J connectivity index is 1.25. The number of carbonyl (C=O) groups excluding carboxylic acids is 1. The second-order valence-electron chi connectivity index (χ2n) is 17.1. The first-order valence-electron chi connectivity index (χ1n) is 20.7. The highest BCUT2D eigenvalue weighted by molar-refractivity contribution is 7.90. The number of allylic oxidation sites excluding steroid dienone is 1. The van der Waals surface area contributed by atoms with Crippen molar-refractivity contribution in [1.29, 1.82) is 0 Å². The van der Waals surface area contributed by atoms with Crippen molar-refractivity contribution in [2.24, 2.45) is 17.8 Å². The van der Waals surface area contributed by atoms with Gasteiger partial charge in [-0.3, -0.25) is 4.79 Å². The van der Waals surface area contributed by atoms with Crippen LogP contribution in [0, 0.1) is 17.8 Å². The van der Waals surface area contributed by atoms with Gasteiger partial charge in [0.1, 0.15) is 12.4 Å². The van der Waals surface area contributed by atoms with E-state index in [1.54, 1.807) is 30.4 Å². The van der Waals surface area contributed by atoms with E-state index in [-0.39, 0.29) is 34.8 Å². The second-order valence-corrected chi connectivity index (χ2v) is 23.6. The fraction of sp³-hybridized carbons (Fsp3) is 0.396. The number of carbonyl (C=O) groups is 1. The van der Waals surface area contributed by atoms with Crippen molar-refractivity contribution in [1.82, 2.24) is 4.72 Å². The van der Waals surface area contributed by atoms with Crippen LogP contribution in [0.15, 0.2) is 122 Å². The minimum absolute atomic E-state index is 0.0992. The normalized spacial score (nSPS) is 18.4. The summed E-state index contributed by atoms with van der Waals surface area (Å²) in [6.45, 7) is 16.1. The maximum absolute atomic E-state index is 14.0. The Kier molecular flexibility index (Phi) is 14.6. The minimum atomic E-state index is -4.12. The van der Waals surface area contributed by atoms with Gasteiger partial charge in [0.15, 0.2) is 0 Å². The van der Waals surface area contributed by atoms with E-state index in [4.69, 9.17) is 20.8 Å². The van der Waals surface area contributed by atoms with Crippen molar-refractivity contribution in [3.8, 4) is 5.75 Å². The van der Waals surface area contributed by atoms with E-state index in [2.05, 4.69) is 67.8 Å². The number of aryl methyl sites for hydroxylation is 1. The summed E-state index contributed by atoms with van der Waals surface area (Å²) in [6, 6.07) is 31.4. The molecule has 2 aliphatic rings. The molecule has 0 saturated heterocycles. The van der Waals surface area contributed by atoms with Crippen molar-refractivity contribution in [2.45, 2.75) is 77.0 Å². The number of halogens is 1. The molecule has 2 N–H and O–H groups in total. The number of nitrogens with one attached hydrogen (secondary N) is 1. The third-order valence-corrected chi connectivity index (χ3v) is 18.7. The van der Waals surface area contributed by atoms with Gasteiger partial charge in [0.2, 0.25) is 10.0 Å². The number of amides is 1. The van der Waals surface area contributed by atoms with Crippen LogP contribution in [-0.4, -0.2) is 59.3 Å². The van der Waals surface area contributed by atoms with Crippen molar-refractivity contribution in [3.05, 3.63) is 144 Å². The Labute approximate surface area is 357 Å². The number of aliphatic hydroxyl groups is 1. The Morgan fingerprint density at radius 1 is 0.983 bits per heavy atom. The van der Waals surface area contributed by atoms with Crippen LogP contribution in [0.2, 0.25) is 10.1 Å². The van der Waals surface area contributed by atoms with Crippen LogP contribution in [0.1, 0.15) is 74.4 Å². The first kappa shape index (κ1) is 44.4. The fourth-order valence-corrected chi connectivity index (χ4v) is 15.0. The number of hydrogen-bond acceptors (Lipinski definition) is 7. The third kappa shape index (κ3) is 10.6. The van der Waals surface area contributed by atoms with Crippen LogP contribution in [0.5, 0.6) is 5.75 Å². The van der Waals surface area contributed by atoms with Gasteiger partial charge in [-0.25, -0.2) is 13.1 Å². The van der Waals surface area contributed by atoms with Gasteiger partial charge < -0.3 is 19.2 Å². The summed E-state index contributed by atoms with van der Waals surface area (Å²) in [5, 5.41) is 13.3. The van der Waals surface area contributed by atoms with Gasteiger partial charge in [-0.1, -0.05) is 111 Å². The molecule has 1 aliphatic carbocycles. The minimum Gasteiger partial charge on any atom is -0.487 e. The lowest BCUT2D eigenvalue weighted by atomic mass is 9.70. The molecule has 4 aromatic carbocycles. The van der Waals surface area contributed by atoms with E-state index in [9.17, 15) is 18.3 Å². The van der Waals surface area contributed by atoms with Gasteiger partial charge in [0.25, 0.3) is 14.2 Å². The number of fused-ring (bicyclic) bond motifs is 2. The monoisotopic (exact) mass is 854 g/mol. The number of anilines is 1. The van der Waals surface area contributed by atoms with Crippen LogP contribution >= 0.6 is 11.6 Å². The van der Waals surface area contributed by atoms with E-state index < -0.39 is 36.3 Å². The van der Waals surface area contributed by atoms with E-state index in [1.165, 1.54) is 0 Å². The molecule has 11 heteroatoms. The van der Waals surface area contributed by atoms with Crippen LogP contribution in [-0.2, 0) is 27.5 Å². The lowest BCUT2D eigenvalue weighted by Gasteiger charge is -2.43. The third-order valence-electron chi connectivity index (χ3n) is 12.0. The van der Waals surface area contributed by atoms with E-state index >= 15 is 0 Å². The quantitative estimate of drug-likeness (QED) is 0.0914. The SMILES string of the molecule is C=CC[C@H](CO[Si](c1ccccc1)(c1ccccc1)C(C)(C)C)CS(=O)(=O)NC(=O)c1ccc2c(c1)N(C[C@@H]1CC[C@H]1[C@@H](O)C=C)CCCCc1cc(Cl)ccc1CO2. The summed E-state index contributed by atoms with van der Waals surface area (Å²) in [5.41, 5.74) is 3.12. The van der Waals surface area contributed by atoms with Crippen molar-refractivity contribution < 1.29 is 27.5 Å². The largest absolute Gasteiger partial charge is 0.487 e. The molecule has 1 aliphatic heterocycles. The van der Waals surface area contributed by atoms with E-state index in [0.717, 1.165) is 59.3 Å². The smallest absolute Gasteiger partial charge is 0.264 e. The molecule has 1 saturated carbocycles. The van der Waals surface area contributed by atoms with E-state index in [1.807, 2.05) is 54.6 Å². The Morgan fingerprint density at radius 2 is 1.68 bits per heavy atom. The highest BCUT2D eigenvalue weighted by atomic mass is 35.5. The molecule has 0 radical (unpaired) electrons. The molecule has 0 unspecified atom stereocenters. The second kappa shape index (κ2) is 19.5. The average Bonchev–Trinajstić information content (AvgIpc) is 3.22. The summed E-state index contributed by atoms with van der Waals surface area (Å²) in [5.74, 6) is -0.573. The molecule has 6 rings (SSSR count). The molecular weight excluding hydrogens is 796 g/mol. The first-order chi connectivity index (χ1) is 28.2. The van der Waals surface area contributed by atoms with Gasteiger partial charge in [0.05, 0.1) is 17.5 Å². The summed E-state index contributed by atoms with van der Waals surface area (Å²) >= 11 is 6.38. The van der Waals surface area contributed by atoms with Crippen LogP contribution in [0.4, 0.5) is 5.69 Å². The molecule has 314 valence electrons. The highest BCUT2D eigenvalue weighted by Crippen LogP contribution is 2.41. The summed E-state index contributed by atoms with van der Waals surface area (Å²) in [6.07, 6.45) is 7.65. The Bertz CT molecular complexity index is 2140. The molecule has 59 heavy (non-hydrogen) atoms. The highest BCUT2D eigenvalue weighted by Gasteiger charge is 2.50. The van der Waals surface area contributed by atoms with Crippen LogP contribution in [0.3, 0.4) is 0 Å². The molecule has 0 spiro atoms. The number of rotatable bonds is 15. The zero-order valence-corrected chi connectivity index (χ0v) is 37.2. The van der Waals surface area contributed by atoms with Crippen molar-refractivity contribution >= 4 is 51.9 Å². The molecule has 8 nitrogen and oxygen atoms in total. The number of aliphatic hydroxyl groups excluding tert-OH is 1. The summed E-state index contributed by atoms with van der Waals surface area (Å²) in [4.78, 5) is 16.2.